The molecule has 120 valence electrons. The molecule has 22 heavy (non-hydrogen) atoms. The van der Waals surface area contributed by atoms with E-state index in [1.54, 1.807) is 24.3 Å². The number of hydrogen-bond acceptors (Lipinski definition) is 4. The highest BCUT2D eigenvalue weighted by atomic mass is 35.6. The van der Waals surface area contributed by atoms with Gasteiger partial charge in [-0.2, -0.15) is 0 Å². The molecule has 1 aromatic carbocycles. The maximum Gasteiger partial charge on any atom is 0.279 e. The van der Waals surface area contributed by atoms with E-state index in [2.05, 4.69) is 0 Å². The second-order valence-corrected chi connectivity index (χ2v) is 8.78. The minimum Gasteiger partial charge on any atom is -0.495 e. The van der Waals surface area contributed by atoms with Crippen molar-refractivity contribution in [3.05, 3.63) is 35.7 Å². The molecule has 0 saturated carbocycles. The first-order valence-electron chi connectivity index (χ1n) is 6.10. The molecule has 0 N–H and O–H groups in total. The van der Waals surface area contributed by atoms with Gasteiger partial charge in [0, 0.05) is 5.41 Å². The van der Waals surface area contributed by atoms with Crippen molar-refractivity contribution in [2.75, 3.05) is 17.8 Å². The maximum atomic E-state index is 12.5. The number of carbonyl (C=O) groups is 1. The third kappa shape index (κ3) is 3.68. The van der Waals surface area contributed by atoms with Gasteiger partial charge in [0.1, 0.15) is 5.75 Å². The van der Waals surface area contributed by atoms with Gasteiger partial charge in [-0.3, -0.25) is 9.69 Å². The Morgan fingerprint density at radius 1 is 1.32 bits per heavy atom. The average molecular weight is 385 g/mol. The van der Waals surface area contributed by atoms with Crippen LogP contribution in [-0.2, 0) is 14.6 Å². The Kier molecular flexibility index (Phi) is 4.96. The van der Waals surface area contributed by atoms with Crippen molar-refractivity contribution in [3.63, 3.8) is 0 Å². The number of hydrogen-bond donors (Lipinski definition) is 0. The molecule has 1 amide bonds. The number of sulfone groups is 1. The monoisotopic (exact) mass is 383 g/mol. The van der Waals surface area contributed by atoms with Crippen LogP contribution < -0.4 is 9.64 Å². The van der Waals surface area contributed by atoms with E-state index in [1.807, 2.05) is 0 Å². The number of para-hydroxylation sites is 2. The molecule has 0 spiro atoms. The van der Waals surface area contributed by atoms with Gasteiger partial charge in [-0.05, 0) is 18.2 Å². The summed E-state index contributed by atoms with van der Waals surface area (Å²) in [7, 11) is -1.96. The molecule has 0 fully saturated rings. The van der Waals surface area contributed by atoms with Crippen molar-refractivity contribution in [3.8, 4) is 5.75 Å². The molecule has 0 aromatic heterocycles. The maximum absolute atomic E-state index is 12.5. The van der Waals surface area contributed by atoms with Gasteiger partial charge >= 0.3 is 0 Å². The van der Waals surface area contributed by atoms with Crippen molar-refractivity contribution in [1.29, 1.82) is 0 Å². The standard InChI is InChI=1S/C13H12Cl3NO4S/c1-21-11-5-3-2-4-10(11)17(12(18)13(14,15)16)9-6-7-22(19,20)8-9/h2-7,9H,8H2,1H3/t9-/m0/s1. The van der Waals surface area contributed by atoms with Gasteiger partial charge in [0.25, 0.3) is 9.70 Å². The van der Waals surface area contributed by atoms with Gasteiger partial charge in [-0.15, -0.1) is 0 Å². The molecule has 0 bridgehead atoms. The number of methoxy groups -OCH3 is 1. The van der Waals surface area contributed by atoms with Crippen LogP contribution in [0.2, 0.25) is 0 Å². The Bertz CT molecular complexity index is 712. The first kappa shape index (κ1) is 17.4. The molecule has 1 aliphatic rings. The highest BCUT2D eigenvalue weighted by molar-refractivity contribution is 7.94. The van der Waals surface area contributed by atoms with Crippen LogP contribution in [0.5, 0.6) is 5.75 Å². The molecule has 9 heteroatoms. The summed E-state index contributed by atoms with van der Waals surface area (Å²) in [4.78, 5) is 13.6. The smallest absolute Gasteiger partial charge is 0.279 e. The van der Waals surface area contributed by atoms with Gasteiger partial charge in [-0.25, -0.2) is 8.42 Å². The predicted octanol–water partition coefficient (Wildman–Crippen LogP) is 2.71. The quantitative estimate of drug-likeness (QED) is 0.752. The first-order chi connectivity index (χ1) is 10.2. The fraction of sp³-hybridized carbons (Fsp3) is 0.308. The Hall–Kier alpha value is -0.950. The average Bonchev–Trinajstić information content (AvgIpc) is 2.78. The predicted molar refractivity (Wildman–Crippen MR) is 87.5 cm³/mol. The van der Waals surface area contributed by atoms with E-state index >= 15 is 0 Å². The zero-order chi connectivity index (χ0) is 16.5. The first-order valence-corrected chi connectivity index (χ1v) is 8.95. The molecular weight excluding hydrogens is 373 g/mol. The van der Waals surface area contributed by atoms with E-state index in [4.69, 9.17) is 39.5 Å². The van der Waals surface area contributed by atoms with Crippen LogP contribution in [0.3, 0.4) is 0 Å². The van der Waals surface area contributed by atoms with Crippen LogP contribution >= 0.6 is 34.8 Å². The summed E-state index contributed by atoms with van der Waals surface area (Å²) in [5.41, 5.74) is 0.327. The number of carbonyl (C=O) groups excluding carboxylic acids is 1. The van der Waals surface area contributed by atoms with Crippen molar-refractivity contribution < 1.29 is 17.9 Å². The zero-order valence-electron chi connectivity index (χ0n) is 11.4. The topological polar surface area (TPSA) is 63.7 Å². The number of anilines is 1. The second-order valence-electron chi connectivity index (χ2n) is 4.57. The van der Waals surface area contributed by atoms with Crippen LogP contribution in [0, 0.1) is 0 Å². The summed E-state index contributed by atoms with van der Waals surface area (Å²) in [6.45, 7) is 0. The summed E-state index contributed by atoms with van der Waals surface area (Å²) in [6, 6.07) is 5.82. The lowest BCUT2D eigenvalue weighted by Crippen LogP contribution is -2.47. The summed E-state index contributed by atoms with van der Waals surface area (Å²) in [5, 5.41) is 1.05. The van der Waals surface area contributed by atoms with Gasteiger partial charge in [-0.1, -0.05) is 46.9 Å². The zero-order valence-corrected chi connectivity index (χ0v) is 14.5. The Morgan fingerprint density at radius 2 is 1.95 bits per heavy atom. The molecule has 1 heterocycles. The minimum absolute atomic E-state index is 0.280. The highest BCUT2D eigenvalue weighted by Crippen LogP contribution is 2.37. The Labute approximate surface area is 143 Å². The summed E-state index contributed by atoms with van der Waals surface area (Å²) >= 11 is 17.1. The summed E-state index contributed by atoms with van der Waals surface area (Å²) in [5.74, 6) is -0.770. The molecule has 1 aliphatic heterocycles. The highest BCUT2D eigenvalue weighted by Gasteiger charge is 2.41. The molecule has 0 saturated heterocycles. The van der Waals surface area contributed by atoms with Crippen LogP contribution in [0.4, 0.5) is 5.69 Å². The molecule has 1 aromatic rings. The minimum atomic E-state index is -3.39. The van der Waals surface area contributed by atoms with Gasteiger partial charge in [0.05, 0.1) is 24.6 Å². The summed E-state index contributed by atoms with van der Waals surface area (Å²) in [6.07, 6.45) is 1.38. The van der Waals surface area contributed by atoms with Crippen LogP contribution in [0.15, 0.2) is 35.7 Å². The lowest BCUT2D eigenvalue weighted by molar-refractivity contribution is -0.118. The SMILES string of the molecule is COc1ccccc1N(C(=O)C(Cl)(Cl)Cl)[C@H]1C=CS(=O)(=O)C1. The third-order valence-electron chi connectivity index (χ3n) is 3.05. The lowest BCUT2D eigenvalue weighted by Gasteiger charge is -2.31. The van der Waals surface area contributed by atoms with E-state index < -0.39 is 25.6 Å². The fourth-order valence-corrected chi connectivity index (χ4v) is 3.67. The number of rotatable bonds is 3. The van der Waals surface area contributed by atoms with E-state index in [-0.39, 0.29) is 5.75 Å². The number of benzene rings is 1. The number of alkyl halides is 3. The Morgan fingerprint density at radius 3 is 2.45 bits per heavy atom. The second kappa shape index (κ2) is 6.28. The summed E-state index contributed by atoms with van der Waals surface area (Å²) < 4.78 is 26.3. The molecule has 2 rings (SSSR count). The van der Waals surface area contributed by atoms with Gasteiger partial charge in [0.2, 0.25) is 0 Å². The fourth-order valence-electron chi connectivity index (χ4n) is 2.12. The van der Waals surface area contributed by atoms with Gasteiger partial charge < -0.3 is 4.74 Å². The third-order valence-corrected chi connectivity index (χ3v) is 4.91. The molecule has 0 radical (unpaired) electrons. The molecule has 0 aliphatic carbocycles. The lowest BCUT2D eigenvalue weighted by atomic mass is 10.2. The molecular formula is C13H12Cl3NO4S. The van der Waals surface area contributed by atoms with Crippen molar-refractivity contribution in [2.24, 2.45) is 0 Å². The molecule has 0 unspecified atom stereocenters. The van der Waals surface area contributed by atoms with Crippen LogP contribution in [0.25, 0.3) is 0 Å². The van der Waals surface area contributed by atoms with Crippen molar-refractivity contribution in [1.82, 2.24) is 0 Å². The number of nitrogens with zero attached hydrogens (tertiary/aromatic N) is 1. The molecule has 5 nitrogen and oxygen atoms in total. The van der Waals surface area contributed by atoms with Crippen molar-refractivity contribution in [2.45, 2.75) is 9.83 Å². The Balaban J connectivity index is 2.52. The number of amides is 1. The largest absolute Gasteiger partial charge is 0.495 e. The number of ether oxygens (including phenoxy) is 1. The van der Waals surface area contributed by atoms with Gasteiger partial charge in [0.15, 0.2) is 9.84 Å². The van der Waals surface area contributed by atoms with E-state index in [1.165, 1.54) is 13.2 Å². The van der Waals surface area contributed by atoms with E-state index in [0.29, 0.717) is 11.4 Å². The van der Waals surface area contributed by atoms with E-state index in [9.17, 15) is 13.2 Å². The normalized spacial score (nSPS) is 19.9. The molecule has 1 atom stereocenters. The number of halogens is 3. The van der Waals surface area contributed by atoms with Crippen LogP contribution in [0.1, 0.15) is 0 Å². The van der Waals surface area contributed by atoms with Crippen LogP contribution in [-0.4, -0.2) is 37.0 Å². The van der Waals surface area contributed by atoms with E-state index in [0.717, 1.165) is 10.3 Å². The van der Waals surface area contributed by atoms with Crippen molar-refractivity contribution >= 4 is 56.2 Å².